The summed E-state index contributed by atoms with van der Waals surface area (Å²) in [5.74, 6) is 0.0351. The van der Waals surface area contributed by atoms with Crippen molar-refractivity contribution in [1.82, 2.24) is 4.57 Å². The summed E-state index contributed by atoms with van der Waals surface area (Å²) in [5, 5.41) is 11.4. The molecule has 10 heteroatoms. The average molecular weight is 465 g/mol. The molecule has 0 bridgehead atoms. The van der Waals surface area contributed by atoms with Crippen molar-refractivity contribution in [2.24, 2.45) is 4.99 Å². The number of carbonyl (C=O) groups is 1. The fraction of sp³-hybridized carbons (Fsp3) is 0.174. The van der Waals surface area contributed by atoms with E-state index in [2.05, 4.69) is 4.99 Å². The molecule has 33 heavy (non-hydrogen) atoms. The van der Waals surface area contributed by atoms with Crippen LogP contribution in [-0.4, -0.2) is 29.7 Å². The van der Waals surface area contributed by atoms with Gasteiger partial charge >= 0.3 is 5.97 Å². The molecule has 168 valence electrons. The molecule has 0 aliphatic carbocycles. The maximum atomic E-state index is 13.5. The van der Waals surface area contributed by atoms with Gasteiger partial charge in [-0.1, -0.05) is 35.6 Å². The number of hydrogen-bond donors (Lipinski definition) is 0. The van der Waals surface area contributed by atoms with Gasteiger partial charge in [-0.25, -0.2) is 9.79 Å². The number of para-hydroxylation sites is 1. The third-order valence-corrected chi connectivity index (χ3v) is 6.26. The summed E-state index contributed by atoms with van der Waals surface area (Å²) in [5.41, 5.74) is 1.13. The molecule has 0 saturated heterocycles. The Morgan fingerprint density at radius 1 is 1.18 bits per heavy atom. The predicted octanol–water partition coefficient (Wildman–Crippen LogP) is 2.33. The summed E-state index contributed by atoms with van der Waals surface area (Å²) in [6.07, 6.45) is 1.48. The normalized spacial score (nSPS) is 15.6. The van der Waals surface area contributed by atoms with Crippen LogP contribution in [0.25, 0.3) is 6.08 Å². The molecule has 0 radical (unpaired) electrons. The van der Waals surface area contributed by atoms with E-state index in [1.165, 1.54) is 23.8 Å². The molecule has 2 aromatic carbocycles. The van der Waals surface area contributed by atoms with E-state index in [9.17, 15) is 19.7 Å². The van der Waals surface area contributed by atoms with Crippen LogP contribution in [0.15, 0.2) is 69.6 Å². The highest BCUT2D eigenvalue weighted by atomic mass is 32.1. The number of nitro benzene ring substituents is 1. The Balaban J connectivity index is 1.98. The zero-order valence-electron chi connectivity index (χ0n) is 18.0. The lowest BCUT2D eigenvalue weighted by Crippen LogP contribution is -2.39. The van der Waals surface area contributed by atoms with Crippen LogP contribution in [0.2, 0.25) is 0 Å². The van der Waals surface area contributed by atoms with Gasteiger partial charge in [0, 0.05) is 6.07 Å². The molecule has 0 saturated carbocycles. The number of thiazole rings is 1. The molecular formula is C23H19N3O6S. The SMILES string of the molecule is COC(=O)C1=C(C)N=c2s/c(=C\c3ccccc3[N+](=O)[O-])c(=O)n2C1c1ccc(OC)cc1. The van der Waals surface area contributed by atoms with Gasteiger partial charge < -0.3 is 9.47 Å². The van der Waals surface area contributed by atoms with Crippen molar-refractivity contribution in [3.05, 3.63) is 101 Å². The number of nitro groups is 1. The molecule has 0 fully saturated rings. The van der Waals surface area contributed by atoms with Crippen molar-refractivity contribution in [3.8, 4) is 5.75 Å². The van der Waals surface area contributed by atoms with E-state index in [0.717, 1.165) is 11.3 Å². The summed E-state index contributed by atoms with van der Waals surface area (Å²) in [6.45, 7) is 1.68. The van der Waals surface area contributed by atoms with Gasteiger partial charge in [-0.3, -0.25) is 19.5 Å². The average Bonchev–Trinajstić information content (AvgIpc) is 3.12. The number of methoxy groups -OCH3 is 2. The van der Waals surface area contributed by atoms with Crippen LogP contribution in [0.3, 0.4) is 0 Å². The van der Waals surface area contributed by atoms with Crippen molar-refractivity contribution in [2.45, 2.75) is 13.0 Å². The first-order valence-electron chi connectivity index (χ1n) is 9.84. The van der Waals surface area contributed by atoms with Gasteiger partial charge in [0.05, 0.1) is 46.6 Å². The maximum Gasteiger partial charge on any atom is 0.338 e. The van der Waals surface area contributed by atoms with Crippen LogP contribution >= 0.6 is 11.3 Å². The molecule has 3 aromatic rings. The minimum absolute atomic E-state index is 0.110. The first kappa shape index (κ1) is 22.2. The Labute approximate surface area is 191 Å². The van der Waals surface area contributed by atoms with Crippen LogP contribution in [0.5, 0.6) is 5.75 Å². The highest BCUT2D eigenvalue weighted by Gasteiger charge is 2.33. The lowest BCUT2D eigenvalue weighted by Gasteiger charge is -2.24. The highest BCUT2D eigenvalue weighted by Crippen LogP contribution is 2.31. The number of ether oxygens (including phenoxy) is 2. The van der Waals surface area contributed by atoms with Crippen LogP contribution in [0, 0.1) is 10.1 Å². The van der Waals surface area contributed by atoms with Crippen molar-refractivity contribution < 1.29 is 19.2 Å². The molecule has 0 amide bonds. The van der Waals surface area contributed by atoms with E-state index in [1.807, 2.05) is 0 Å². The van der Waals surface area contributed by atoms with E-state index in [4.69, 9.17) is 9.47 Å². The summed E-state index contributed by atoms with van der Waals surface area (Å²) < 4.78 is 11.9. The number of fused-ring (bicyclic) bond motifs is 1. The van der Waals surface area contributed by atoms with Crippen molar-refractivity contribution in [3.63, 3.8) is 0 Å². The quantitative estimate of drug-likeness (QED) is 0.325. The summed E-state index contributed by atoms with van der Waals surface area (Å²) in [7, 11) is 2.82. The van der Waals surface area contributed by atoms with Gasteiger partial charge in [0.2, 0.25) is 0 Å². The zero-order valence-corrected chi connectivity index (χ0v) is 18.8. The summed E-state index contributed by atoms with van der Waals surface area (Å²) >= 11 is 1.10. The molecule has 2 heterocycles. The maximum absolute atomic E-state index is 13.5. The first-order chi connectivity index (χ1) is 15.8. The van der Waals surface area contributed by atoms with E-state index >= 15 is 0 Å². The number of nitrogens with zero attached hydrogens (tertiary/aromatic N) is 3. The third-order valence-electron chi connectivity index (χ3n) is 5.28. The number of allylic oxidation sites excluding steroid dienone is 1. The molecular weight excluding hydrogens is 446 g/mol. The zero-order chi connectivity index (χ0) is 23.7. The van der Waals surface area contributed by atoms with E-state index in [0.29, 0.717) is 27.4 Å². The van der Waals surface area contributed by atoms with Gasteiger partial charge in [0.1, 0.15) is 5.75 Å². The highest BCUT2D eigenvalue weighted by molar-refractivity contribution is 7.07. The number of benzene rings is 2. The number of carbonyl (C=O) groups excluding carboxylic acids is 1. The minimum atomic E-state index is -0.771. The van der Waals surface area contributed by atoms with Crippen molar-refractivity contribution in [2.75, 3.05) is 14.2 Å². The van der Waals surface area contributed by atoms with Gasteiger partial charge in [-0.05, 0) is 36.8 Å². The first-order valence-corrected chi connectivity index (χ1v) is 10.7. The number of rotatable bonds is 5. The second-order valence-electron chi connectivity index (χ2n) is 7.16. The van der Waals surface area contributed by atoms with Crippen LogP contribution in [-0.2, 0) is 9.53 Å². The van der Waals surface area contributed by atoms with E-state index in [-0.39, 0.29) is 15.8 Å². The smallest absolute Gasteiger partial charge is 0.338 e. The standard InChI is InChI=1S/C23H19N3O6S/c1-13-19(22(28)32-3)20(14-8-10-16(31-2)11-9-14)25-21(27)18(33-23(25)24-13)12-15-6-4-5-7-17(15)26(29)30/h4-12,20H,1-3H3/b18-12-. The monoisotopic (exact) mass is 465 g/mol. The molecule has 1 aliphatic rings. The van der Waals surface area contributed by atoms with Gasteiger partial charge in [-0.2, -0.15) is 0 Å². The largest absolute Gasteiger partial charge is 0.497 e. The van der Waals surface area contributed by atoms with E-state index in [1.54, 1.807) is 56.5 Å². The molecule has 0 spiro atoms. The Morgan fingerprint density at radius 3 is 2.52 bits per heavy atom. The van der Waals surface area contributed by atoms with Crippen LogP contribution in [0.4, 0.5) is 5.69 Å². The lowest BCUT2D eigenvalue weighted by atomic mass is 9.96. The minimum Gasteiger partial charge on any atom is -0.497 e. The molecule has 1 aliphatic heterocycles. The Hall–Kier alpha value is -4.05. The number of aromatic nitrogens is 1. The van der Waals surface area contributed by atoms with Crippen LogP contribution in [0.1, 0.15) is 24.1 Å². The fourth-order valence-electron chi connectivity index (χ4n) is 3.71. The van der Waals surface area contributed by atoms with Crippen LogP contribution < -0.4 is 19.6 Å². The van der Waals surface area contributed by atoms with Gasteiger partial charge in [-0.15, -0.1) is 0 Å². The Kier molecular flexibility index (Phi) is 5.93. The Morgan fingerprint density at radius 2 is 1.88 bits per heavy atom. The lowest BCUT2D eigenvalue weighted by molar-refractivity contribution is -0.385. The second-order valence-corrected chi connectivity index (χ2v) is 8.17. The van der Waals surface area contributed by atoms with Gasteiger partial charge in [0.25, 0.3) is 11.2 Å². The molecule has 1 atom stereocenters. The molecule has 0 N–H and O–H groups in total. The third kappa shape index (κ3) is 3.96. The molecule has 4 rings (SSSR count). The number of esters is 1. The van der Waals surface area contributed by atoms with Crippen molar-refractivity contribution in [1.29, 1.82) is 0 Å². The van der Waals surface area contributed by atoms with Crippen molar-refractivity contribution >= 4 is 29.1 Å². The van der Waals surface area contributed by atoms with Gasteiger partial charge in [0.15, 0.2) is 4.80 Å². The van der Waals surface area contributed by atoms with E-state index < -0.39 is 22.5 Å². The Bertz CT molecular complexity index is 1470. The summed E-state index contributed by atoms with van der Waals surface area (Å²) in [4.78, 5) is 41.9. The summed E-state index contributed by atoms with van der Waals surface area (Å²) in [6, 6.07) is 12.4. The predicted molar refractivity (Wildman–Crippen MR) is 122 cm³/mol. The number of hydrogen-bond acceptors (Lipinski definition) is 8. The molecule has 9 nitrogen and oxygen atoms in total. The molecule has 1 aromatic heterocycles. The molecule has 1 unspecified atom stereocenters. The topological polar surface area (TPSA) is 113 Å². The fourth-order valence-corrected chi connectivity index (χ4v) is 4.75. The second kappa shape index (κ2) is 8.83.